The van der Waals surface area contributed by atoms with Crippen LogP contribution in [0.25, 0.3) is 0 Å². The number of hydrogen-bond donors (Lipinski definition) is 1. The van der Waals surface area contributed by atoms with Gasteiger partial charge in [-0.2, -0.15) is 0 Å². The van der Waals surface area contributed by atoms with E-state index in [1.54, 1.807) is 24.3 Å². The fourth-order valence-electron chi connectivity index (χ4n) is 5.04. The molecule has 2 fully saturated rings. The molecule has 2 bridgehead atoms. The van der Waals surface area contributed by atoms with E-state index in [0.29, 0.717) is 23.2 Å². The Balaban J connectivity index is 1.67. The van der Waals surface area contributed by atoms with Crippen molar-refractivity contribution in [3.63, 3.8) is 0 Å². The van der Waals surface area contributed by atoms with Gasteiger partial charge in [-0.3, -0.25) is 0 Å². The summed E-state index contributed by atoms with van der Waals surface area (Å²) in [7, 11) is 4.48. The summed E-state index contributed by atoms with van der Waals surface area (Å²) in [6.45, 7) is 0. The zero-order valence-corrected chi connectivity index (χ0v) is 16.0. The Morgan fingerprint density at radius 1 is 1.00 bits per heavy atom. The maximum Gasteiger partial charge on any atom is 0.348 e. The van der Waals surface area contributed by atoms with Crippen molar-refractivity contribution < 1.29 is 19.1 Å². The van der Waals surface area contributed by atoms with Gasteiger partial charge in [-0.25, -0.2) is 4.79 Å². The summed E-state index contributed by atoms with van der Waals surface area (Å²) in [5, 5.41) is 11.6. The first-order chi connectivity index (χ1) is 12.9. The summed E-state index contributed by atoms with van der Waals surface area (Å²) < 4.78 is 6.94. The highest BCUT2D eigenvalue weighted by Gasteiger charge is 2.55. The number of aliphatic hydroxyl groups is 1. The molecular formula is C23H28NO3+. The Kier molecular flexibility index (Phi) is 4.57. The van der Waals surface area contributed by atoms with Crippen LogP contribution in [0.3, 0.4) is 0 Å². The van der Waals surface area contributed by atoms with Crippen molar-refractivity contribution in [1.29, 1.82) is 0 Å². The highest BCUT2D eigenvalue weighted by molar-refractivity contribution is 5.85. The van der Waals surface area contributed by atoms with Gasteiger partial charge in [0.15, 0.2) is 6.10 Å². The monoisotopic (exact) mass is 366 g/mol. The third-order valence-electron chi connectivity index (χ3n) is 6.70. The van der Waals surface area contributed by atoms with Gasteiger partial charge >= 0.3 is 5.97 Å². The number of carbonyl (C=O) groups excluding carboxylic acids is 1. The van der Waals surface area contributed by atoms with E-state index in [1.165, 1.54) is 12.8 Å². The van der Waals surface area contributed by atoms with Gasteiger partial charge < -0.3 is 14.3 Å². The average Bonchev–Trinajstić information content (AvgIpc) is 2.83. The predicted octanol–water partition coefficient (Wildman–Crippen LogP) is 3.24. The molecule has 142 valence electrons. The van der Waals surface area contributed by atoms with Crippen molar-refractivity contribution in [2.24, 2.45) is 0 Å². The lowest BCUT2D eigenvalue weighted by atomic mass is 9.86. The first kappa shape index (κ1) is 18.2. The number of likely N-dealkylation sites (N-methyl/N-ethyl adjacent to an activating group) is 1. The lowest BCUT2D eigenvalue weighted by Gasteiger charge is -2.41. The van der Waals surface area contributed by atoms with Crippen molar-refractivity contribution in [3.05, 3.63) is 71.8 Å². The van der Waals surface area contributed by atoms with Crippen molar-refractivity contribution in [2.75, 3.05) is 14.1 Å². The van der Waals surface area contributed by atoms with Crippen LogP contribution in [0.4, 0.5) is 0 Å². The van der Waals surface area contributed by atoms with Crippen molar-refractivity contribution in [3.8, 4) is 0 Å². The van der Waals surface area contributed by atoms with Crippen LogP contribution in [0.15, 0.2) is 60.7 Å². The third kappa shape index (κ3) is 2.97. The molecule has 0 aliphatic carbocycles. The molecule has 0 aromatic heterocycles. The number of fused-ring (bicyclic) bond motifs is 2. The normalized spacial score (nSPS) is 26.6. The smallest absolute Gasteiger partial charge is 0.348 e. The van der Waals surface area contributed by atoms with Crippen LogP contribution in [-0.4, -0.2) is 47.8 Å². The highest BCUT2D eigenvalue weighted by atomic mass is 16.6. The van der Waals surface area contributed by atoms with Gasteiger partial charge in [-0.05, 0) is 24.0 Å². The average molecular weight is 366 g/mol. The topological polar surface area (TPSA) is 46.5 Å². The maximum atomic E-state index is 13.3. The van der Waals surface area contributed by atoms with E-state index in [4.69, 9.17) is 4.74 Å². The molecule has 4 rings (SSSR count). The molecule has 0 amide bonds. The van der Waals surface area contributed by atoms with E-state index in [2.05, 4.69) is 14.1 Å². The lowest BCUT2D eigenvalue weighted by Crippen LogP contribution is -2.55. The second-order valence-corrected chi connectivity index (χ2v) is 8.40. The van der Waals surface area contributed by atoms with Crippen LogP contribution in [0.1, 0.15) is 36.8 Å². The number of hydrogen-bond acceptors (Lipinski definition) is 3. The van der Waals surface area contributed by atoms with Gasteiger partial charge in [-0.1, -0.05) is 60.7 Å². The summed E-state index contributed by atoms with van der Waals surface area (Å²) in [5.74, 6) is -0.572. The molecule has 2 aromatic carbocycles. The van der Waals surface area contributed by atoms with Crippen molar-refractivity contribution in [2.45, 2.75) is 49.5 Å². The lowest BCUT2D eigenvalue weighted by molar-refractivity contribution is -0.931. The third-order valence-corrected chi connectivity index (χ3v) is 6.70. The molecule has 2 aliphatic rings. The number of nitrogens with zero attached hydrogens (tertiary/aromatic N) is 1. The zero-order chi connectivity index (χ0) is 19.1. The summed E-state index contributed by atoms with van der Waals surface area (Å²) in [4.78, 5) is 13.3. The van der Waals surface area contributed by atoms with Gasteiger partial charge in [0.2, 0.25) is 5.60 Å². The van der Waals surface area contributed by atoms with E-state index in [0.717, 1.165) is 17.3 Å². The molecule has 0 spiro atoms. The largest absolute Gasteiger partial charge is 0.453 e. The molecular weight excluding hydrogens is 338 g/mol. The minimum absolute atomic E-state index is 0.140. The van der Waals surface area contributed by atoms with Gasteiger partial charge in [-0.15, -0.1) is 0 Å². The van der Waals surface area contributed by atoms with E-state index < -0.39 is 11.6 Å². The molecule has 0 radical (unpaired) electrons. The van der Waals surface area contributed by atoms with E-state index in [9.17, 15) is 9.90 Å². The summed E-state index contributed by atoms with van der Waals surface area (Å²) in [6, 6.07) is 19.0. The predicted molar refractivity (Wildman–Crippen MR) is 104 cm³/mol. The Hall–Kier alpha value is -2.17. The minimum Gasteiger partial charge on any atom is -0.453 e. The van der Waals surface area contributed by atoms with Crippen LogP contribution in [0, 0.1) is 0 Å². The highest BCUT2D eigenvalue weighted by Crippen LogP contribution is 2.42. The van der Waals surface area contributed by atoms with Crippen molar-refractivity contribution >= 4 is 5.97 Å². The number of ether oxygens (including phenoxy) is 1. The molecule has 2 unspecified atom stereocenters. The Morgan fingerprint density at radius 3 is 2.07 bits per heavy atom. The Morgan fingerprint density at radius 2 is 1.56 bits per heavy atom. The van der Waals surface area contributed by atoms with E-state index >= 15 is 0 Å². The molecule has 4 heteroatoms. The molecule has 2 heterocycles. The Bertz CT molecular complexity index is 763. The van der Waals surface area contributed by atoms with Crippen LogP contribution in [-0.2, 0) is 15.1 Å². The molecule has 2 saturated heterocycles. The number of esters is 1. The van der Waals surface area contributed by atoms with Gasteiger partial charge in [0.25, 0.3) is 0 Å². The van der Waals surface area contributed by atoms with Crippen LogP contribution in [0.2, 0.25) is 0 Å². The van der Waals surface area contributed by atoms with Crippen LogP contribution < -0.4 is 0 Å². The maximum absolute atomic E-state index is 13.3. The number of rotatable bonds is 4. The summed E-state index contributed by atoms with van der Waals surface area (Å²) in [6.07, 6.45) is 4.17. The first-order valence-corrected chi connectivity index (χ1v) is 9.82. The van der Waals surface area contributed by atoms with Gasteiger partial charge in [0.05, 0.1) is 20.1 Å². The van der Waals surface area contributed by atoms with E-state index in [1.807, 2.05) is 36.4 Å². The molecule has 2 aliphatic heterocycles. The van der Waals surface area contributed by atoms with Gasteiger partial charge in [0, 0.05) is 12.8 Å². The molecule has 0 saturated carbocycles. The van der Waals surface area contributed by atoms with Crippen LogP contribution >= 0.6 is 0 Å². The van der Waals surface area contributed by atoms with Crippen molar-refractivity contribution in [1.82, 2.24) is 0 Å². The number of benzene rings is 2. The fourth-order valence-corrected chi connectivity index (χ4v) is 5.04. The fraction of sp³-hybridized carbons (Fsp3) is 0.435. The standard InChI is InChI=1S/C23H28NO3/c1-24(2)19-14-9-15-20(24)21(16-19)27-22(25)23(26,17-10-5-3-6-11-17)18-12-7-4-8-13-18/h3-8,10-13,19-21,26H,9,14-16H2,1-2H3/q+1/t19?,20-,21?/m1/s1. The number of quaternary nitrogens is 1. The summed E-state index contributed by atoms with van der Waals surface area (Å²) >= 11 is 0. The second-order valence-electron chi connectivity index (χ2n) is 8.40. The Labute approximate surface area is 161 Å². The minimum atomic E-state index is -1.80. The molecule has 1 N–H and O–H groups in total. The SMILES string of the molecule is C[N+]1(C)C2CCC[C@@H]1C(OC(=O)C(O)(c1ccccc1)c1ccccc1)C2. The van der Waals surface area contributed by atoms with Gasteiger partial charge in [0.1, 0.15) is 6.04 Å². The molecule has 27 heavy (non-hydrogen) atoms. The second kappa shape index (κ2) is 6.77. The molecule has 3 atom stereocenters. The molecule has 4 nitrogen and oxygen atoms in total. The number of carbonyl (C=O) groups is 1. The number of piperidine rings is 1. The summed E-state index contributed by atoms with van der Waals surface area (Å²) in [5.41, 5.74) is -0.720. The van der Waals surface area contributed by atoms with E-state index in [-0.39, 0.29) is 6.10 Å². The van der Waals surface area contributed by atoms with Crippen LogP contribution in [0.5, 0.6) is 0 Å². The molecule has 2 aromatic rings. The first-order valence-electron chi connectivity index (χ1n) is 9.82. The quantitative estimate of drug-likeness (QED) is 0.667. The zero-order valence-electron chi connectivity index (χ0n) is 16.0.